The average molecular weight is 555 g/mol. The van der Waals surface area contributed by atoms with Gasteiger partial charge in [-0.15, -0.1) is 22.7 Å². The van der Waals surface area contributed by atoms with Crippen LogP contribution in [0.3, 0.4) is 0 Å². The highest BCUT2D eigenvalue weighted by Gasteiger charge is 2.25. The Labute approximate surface area is 231 Å². The van der Waals surface area contributed by atoms with Gasteiger partial charge >= 0.3 is 5.97 Å². The number of aliphatic carboxylic acids is 1. The van der Waals surface area contributed by atoms with Crippen LogP contribution in [-0.2, 0) is 17.8 Å². The van der Waals surface area contributed by atoms with Crippen molar-refractivity contribution in [1.29, 1.82) is 0 Å². The molecule has 0 bridgehead atoms. The fraction of sp³-hybridized carbons (Fsp3) is 0.519. The molecule has 3 aromatic rings. The molecular formula is C27H34N6O3S2. The quantitative estimate of drug-likeness (QED) is 0.373. The average Bonchev–Trinajstić information content (AvgIpc) is 3.63. The number of anilines is 1. The summed E-state index contributed by atoms with van der Waals surface area (Å²) in [4.78, 5) is 47.0. The lowest BCUT2D eigenvalue weighted by Crippen LogP contribution is -2.47. The lowest BCUT2D eigenvalue weighted by molar-refractivity contribution is -0.137. The zero-order chi connectivity index (χ0) is 26.6. The molecule has 0 aliphatic carbocycles. The van der Waals surface area contributed by atoms with Gasteiger partial charge in [0.15, 0.2) is 5.78 Å². The van der Waals surface area contributed by atoms with Crippen LogP contribution in [0.5, 0.6) is 0 Å². The van der Waals surface area contributed by atoms with E-state index in [0.29, 0.717) is 18.3 Å². The number of Topliss-reactive ketones (excluding diaryl/α,β-unsaturated/α-hetero) is 1. The number of thiazole rings is 1. The Balaban J connectivity index is 1.23. The maximum atomic E-state index is 13.1. The first-order chi connectivity index (χ1) is 18.4. The van der Waals surface area contributed by atoms with E-state index in [0.717, 1.165) is 60.7 Å². The summed E-state index contributed by atoms with van der Waals surface area (Å²) in [5.41, 5.74) is 2.60. The summed E-state index contributed by atoms with van der Waals surface area (Å²) in [5, 5.41) is 11.9. The second-order valence-corrected chi connectivity index (χ2v) is 12.2. The molecule has 0 aromatic carbocycles. The summed E-state index contributed by atoms with van der Waals surface area (Å²) in [6, 6.07) is 2.75. The van der Waals surface area contributed by atoms with Crippen LogP contribution in [0.1, 0.15) is 52.1 Å². The summed E-state index contributed by atoms with van der Waals surface area (Å²) in [6.45, 7) is 10.00. The molecule has 2 aliphatic heterocycles. The molecule has 5 heterocycles. The number of thiophene rings is 1. The molecule has 2 saturated heterocycles. The lowest BCUT2D eigenvalue weighted by atomic mass is 10.2. The summed E-state index contributed by atoms with van der Waals surface area (Å²) in [7, 11) is 0. The number of aromatic nitrogens is 3. The van der Waals surface area contributed by atoms with E-state index in [1.807, 2.05) is 0 Å². The number of hydrogen-bond donors (Lipinski definition) is 1. The molecule has 0 radical (unpaired) electrons. The molecule has 1 atom stereocenters. The van der Waals surface area contributed by atoms with E-state index < -0.39 is 5.97 Å². The molecule has 0 amide bonds. The number of carbonyl (C=O) groups is 2. The Morgan fingerprint density at radius 2 is 1.95 bits per heavy atom. The molecule has 3 aromatic heterocycles. The number of carbonyl (C=O) groups excluding carboxylic acids is 1. The van der Waals surface area contributed by atoms with Crippen LogP contribution in [0.25, 0.3) is 10.6 Å². The predicted octanol–water partition coefficient (Wildman–Crippen LogP) is 3.98. The Hall–Kier alpha value is -2.73. The minimum Gasteiger partial charge on any atom is -0.481 e. The zero-order valence-corrected chi connectivity index (χ0v) is 23.6. The van der Waals surface area contributed by atoms with Gasteiger partial charge in [0.2, 0.25) is 0 Å². The van der Waals surface area contributed by atoms with Gasteiger partial charge in [-0.1, -0.05) is 0 Å². The molecule has 1 N–H and O–H groups in total. The van der Waals surface area contributed by atoms with Crippen molar-refractivity contribution in [2.45, 2.75) is 52.1 Å². The van der Waals surface area contributed by atoms with Crippen LogP contribution in [-0.4, -0.2) is 86.9 Å². The number of ketones is 1. The fourth-order valence-corrected chi connectivity index (χ4v) is 7.14. The number of nitrogens with zero attached hydrogens (tertiary/aromatic N) is 6. The first kappa shape index (κ1) is 26.9. The molecule has 0 spiro atoms. The fourth-order valence-electron chi connectivity index (χ4n) is 5.05. The number of piperazine rings is 1. The Morgan fingerprint density at radius 3 is 2.58 bits per heavy atom. The largest absolute Gasteiger partial charge is 0.481 e. The second kappa shape index (κ2) is 12.0. The first-order valence-corrected chi connectivity index (χ1v) is 14.9. The van der Waals surface area contributed by atoms with E-state index >= 15 is 0 Å². The number of carboxylic acids is 1. The summed E-state index contributed by atoms with van der Waals surface area (Å²) in [6.07, 6.45) is 6.07. The molecule has 2 fully saturated rings. The highest BCUT2D eigenvalue weighted by atomic mass is 32.1. The van der Waals surface area contributed by atoms with E-state index in [9.17, 15) is 9.59 Å². The molecule has 9 nitrogen and oxygen atoms in total. The van der Waals surface area contributed by atoms with Gasteiger partial charge in [-0.05, 0) is 50.2 Å². The van der Waals surface area contributed by atoms with Crippen LogP contribution in [0.2, 0.25) is 0 Å². The molecule has 38 heavy (non-hydrogen) atoms. The van der Waals surface area contributed by atoms with Crippen LogP contribution < -0.4 is 4.90 Å². The van der Waals surface area contributed by atoms with Gasteiger partial charge in [-0.2, -0.15) is 0 Å². The Bertz CT molecular complexity index is 1270. The maximum absolute atomic E-state index is 13.1. The summed E-state index contributed by atoms with van der Waals surface area (Å²) < 4.78 is 0. The monoisotopic (exact) mass is 554 g/mol. The standard InChI is InChI=1S/C27H34N6O3S2/c1-18-12-22(37-17-18)27-23(16-33-6-3-4-19(33)2)38-25(30-27)13-21(34)20-14-29-24(15-28-20)32-10-8-31(9-11-32)7-5-26(35)36/h12,14-15,17,19H,3-11,13,16H2,1-2H3,(H,35,36)/t19-/m1/s1. The number of rotatable bonds is 10. The molecular weight excluding hydrogens is 520 g/mol. The third kappa shape index (κ3) is 6.45. The molecule has 202 valence electrons. The second-order valence-electron chi connectivity index (χ2n) is 10.2. The van der Waals surface area contributed by atoms with Crippen molar-refractivity contribution in [3.8, 4) is 10.6 Å². The van der Waals surface area contributed by atoms with E-state index in [2.05, 4.69) is 50.0 Å². The smallest absolute Gasteiger partial charge is 0.304 e. The molecule has 0 unspecified atom stereocenters. The van der Waals surface area contributed by atoms with Crippen LogP contribution >= 0.6 is 22.7 Å². The normalized spacial score (nSPS) is 18.8. The first-order valence-electron chi connectivity index (χ1n) is 13.2. The van der Waals surface area contributed by atoms with Crippen molar-refractivity contribution in [1.82, 2.24) is 24.8 Å². The van der Waals surface area contributed by atoms with Crippen molar-refractivity contribution >= 4 is 40.2 Å². The van der Waals surface area contributed by atoms with Gasteiger partial charge in [-0.3, -0.25) is 19.4 Å². The van der Waals surface area contributed by atoms with Crippen molar-refractivity contribution in [3.63, 3.8) is 0 Å². The summed E-state index contributed by atoms with van der Waals surface area (Å²) >= 11 is 3.35. The topological polar surface area (TPSA) is 103 Å². The number of hydrogen-bond acceptors (Lipinski definition) is 10. The van der Waals surface area contributed by atoms with Crippen LogP contribution in [0.4, 0.5) is 5.82 Å². The molecule has 2 aliphatic rings. The lowest BCUT2D eigenvalue weighted by Gasteiger charge is -2.34. The zero-order valence-electron chi connectivity index (χ0n) is 21.9. The number of carboxylic acid groups (broad SMARTS) is 1. The number of aryl methyl sites for hydroxylation is 1. The van der Waals surface area contributed by atoms with Crippen LogP contribution in [0.15, 0.2) is 23.8 Å². The number of likely N-dealkylation sites (tertiary alicyclic amines) is 1. The minimum atomic E-state index is -0.772. The Morgan fingerprint density at radius 1 is 1.13 bits per heavy atom. The van der Waals surface area contributed by atoms with Crippen molar-refractivity contribution < 1.29 is 14.7 Å². The van der Waals surface area contributed by atoms with Crippen LogP contribution in [0, 0.1) is 6.92 Å². The molecule has 0 saturated carbocycles. The SMILES string of the molecule is Cc1csc(-c2nc(CC(=O)c3cnc(N4CCN(CCC(=O)O)CC4)cn3)sc2CN2CCC[C@H]2C)c1. The van der Waals surface area contributed by atoms with Gasteiger partial charge in [0.05, 0.1) is 35.8 Å². The third-order valence-corrected chi connectivity index (χ3v) is 9.41. The highest BCUT2D eigenvalue weighted by Crippen LogP contribution is 2.35. The van der Waals surface area contributed by atoms with Crippen molar-refractivity contribution in [2.75, 3.05) is 44.2 Å². The van der Waals surface area contributed by atoms with E-state index in [1.54, 1.807) is 35.1 Å². The minimum absolute atomic E-state index is 0.0775. The van der Waals surface area contributed by atoms with Crippen molar-refractivity contribution in [2.24, 2.45) is 0 Å². The molecule has 11 heteroatoms. The predicted molar refractivity (Wildman–Crippen MR) is 150 cm³/mol. The van der Waals surface area contributed by atoms with E-state index in [4.69, 9.17) is 10.1 Å². The van der Waals surface area contributed by atoms with Gasteiger partial charge in [-0.25, -0.2) is 15.0 Å². The van der Waals surface area contributed by atoms with E-state index in [1.165, 1.54) is 23.3 Å². The van der Waals surface area contributed by atoms with Gasteiger partial charge < -0.3 is 10.0 Å². The third-order valence-electron chi connectivity index (χ3n) is 7.32. The van der Waals surface area contributed by atoms with Gasteiger partial charge in [0, 0.05) is 50.2 Å². The molecule has 5 rings (SSSR count). The van der Waals surface area contributed by atoms with E-state index in [-0.39, 0.29) is 18.6 Å². The highest BCUT2D eigenvalue weighted by molar-refractivity contribution is 7.15. The van der Waals surface area contributed by atoms with Gasteiger partial charge in [0.1, 0.15) is 16.5 Å². The van der Waals surface area contributed by atoms with Crippen molar-refractivity contribution in [3.05, 3.63) is 45.0 Å². The summed E-state index contributed by atoms with van der Waals surface area (Å²) in [5.74, 6) is -0.107. The Kier molecular flexibility index (Phi) is 8.47. The van der Waals surface area contributed by atoms with Gasteiger partial charge in [0.25, 0.3) is 0 Å². The maximum Gasteiger partial charge on any atom is 0.304 e.